The van der Waals surface area contributed by atoms with Crippen LogP contribution in [0.5, 0.6) is 5.75 Å². The SMILES string of the molecule is CCC(C)NC(=O)Nc1ccc(C(=O)O)c(OC)c1. The van der Waals surface area contributed by atoms with E-state index in [0.717, 1.165) is 6.42 Å². The number of rotatable bonds is 5. The van der Waals surface area contributed by atoms with Crippen molar-refractivity contribution in [3.05, 3.63) is 23.8 Å². The van der Waals surface area contributed by atoms with Crippen molar-refractivity contribution in [2.24, 2.45) is 0 Å². The number of carbonyl (C=O) groups excluding carboxylic acids is 1. The van der Waals surface area contributed by atoms with E-state index in [-0.39, 0.29) is 23.4 Å². The van der Waals surface area contributed by atoms with Crippen LogP contribution in [-0.2, 0) is 0 Å². The summed E-state index contributed by atoms with van der Waals surface area (Å²) in [4.78, 5) is 22.5. The Hall–Kier alpha value is -2.24. The number of ether oxygens (including phenoxy) is 1. The molecule has 0 fully saturated rings. The summed E-state index contributed by atoms with van der Waals surface area (Å²) in [6, 6.07) is 4.11. The summed E-state index contributed by atoms with van der Waals surface area (Å²) in [5.41, 5.74) is 0.526. The van der Waals surface area contributed by atoms with Crippen LogP contribution in [0.2, 0.25) is 0 Å². The summed E-state index contributed by atoms with van der Waals surface area (Å²) in [5.74, 6) is -0.874. The fourth-order valence-electron chi connectivity index (χ4n) is 1.44. The lowest BCUT2D eigenvalue weighted by Crippen LogP contribution is -2.35. The quantitative estimate of drug-likeness (QED) is 0.763. The van der Waals surface area contributed by atoms with Gasteiger partial charge in [-0.3, -0.25) is 0 Å². The molecule has 1 rings (SSSR count). The Morgan fingerprint density at radius 1 is 1.42 bits per heavy atom. The van der Waals surface area contributed by atoms with Gasteiger partial charge in [-0.05, 0) is 25.5 Å². The number of hydrogen-bond donors (Lipinski definition) is 3. The molecule has 0 aliphatic carbocycles. The van der Waals surface area contributed by atoms with Crippen molar-refractivity contribution in [3.8, 4) is 5.75 Å². The van der Waals surface area contributed by atoms with E-state index in [1.165, 1.54) is 25.3 Å². The molecule has 1 aromatic carbocycles. The van der Waals surface area contributed by atoms with E-state index in [1.807, 2.05) is 13.8 Å². The Morgan fingerprint density at radius 2 is 2.11 bits per heavy atom. The van der Waals surface area contributed by atoms with Gasteiger partial charge >= 0.3 is 12.0 Å². The molecular weight excluding hydrogens is 248 g/mol. The Bertz CT molecular complexity index is 474. The van der Waals surface area contributed by atoms with Crippen molar-refractivity contribution >= 4 is 17.7 Å². The Morgan fingerprint density at radius 3 is 2.63 bits per heavy atom. The van der Waals surface area contributed by atoms with Crippen LogP contribution in [0.3, 0.4) is 0 Å². The topological polar surface area (TPSA) is 87.7 Å². The Labute approximate surface area is 111 Å². The number of carboxylic acids is 1. The zero-order valence-electron chi connectivity index (χ0n) is 11.2. The number of nitrogens with one attached hydrogen (secondary N) is 2. The molecule has 0 aromatic heterocycles. The van der Waals surface area contributed by atoms with Crippen LogP contribution >= 0.6 is 0 Å². The molecule has 0 aliphatic rings. The number of benzene rings is 1. The number of urea groups is 1. The lowest BCUT2D eigenvalue weighted by atomic mass is 10.2. The van der Waals surface area contributed by atoms with Crippen molar-refractivity contribution in [2.45, 2.75) is 26.3 Å². The van der Waals surface area contributed by atoms with Crippen molar-refractivity contribution in [3.63, 3.8) is 0 Å². The van der Waals surface area contributed by atoms with Crippen LogP contribution in [0.15, 0.2) is 18.2 Å². The minimum atomic E-state index is -1.08. The molecule has 0 saturated heterocycles. The second-order valence-electron chi connectivity index (χ2n) is 4.13. The van der Waals surface area contributed by atoms with Gasteiger partial charge in [-0.1, -0.05) is 6.92 Å². The highest BCUT2D eigenvalue weighted by atomic mass is 16.5. The third-order valence-corrected chi connectivity index (χ3v) is 2.68. The van der Waals surface area contributed by atoms with Crippen molar-refractivity contribution in [2.75, 3.05) is 12.4 Å². The van der Waals surface area contributed by atoms with Gasteiger partial charge in [0.15, 0.2) is 0 Å². The van der Waals surface area contributed by atoms with Gasteiger partial charge in [-0.15, -0.1) is 0 Å². The maximum atomic E-state index is 11.6. The Balaban J connectivity index is 2.80. The highest BCUT2D eigenvalue weighted by Gasteiger charge is 2.12. The predicted molar refractivity (Wildman–Crippen MR) is 71.9 cm³/mol. The van der Waals surface area contributed by atoms with E-state index < -0.39 is 5.97 Å². The summed E-state index contributed by atoms with van der Waals surface area (Å²) in [6.07, 6.45) is 0.828. The van der Waals surface area contributed by atoms with Crippen molar-refractivity contribution in [1.82, 2.24) is 5.32 Å². The number of amides is 2. The van der Waals surface area contributed by atoms with Gasteiger partial charge in [0.05, 0.1) is 7.11 Å². The minimum Gasteiger partial charge on any atom is -0.496 e. The molecular formula is C13H18N2O4. The first-order chi connectivity index (χ1) is 8.97. The molecule has 6 heteroatoms. The van der Waals surface area contributed by atoms with Crippen molar-refractivity contribution < 1.29 is 19.4 Å². The molecule has 2 amide bonds. The zero-order chi connectivity index (χ0) is 14.4. The number of anilines is 1. The van der Waals surface area contributed by atoms with Crippen LogP contribution in [0.25, 0.3) is 0 Å². The second kappa shape index (κ2) is 6.63. The zero-order valence-corrected chi connectivity index (χ0v) is 11.2. The van der Waals surface area contributed by atoms with Gasteiger partial charge in [0.2, 0.25) is 0 Å². The van der Waals surface area contributed by atoms with Crippen LogP contribution in [0, 0.1) is 0 Å². The largest absolute Gasteiger partial charge is 0.496 e. The molecule has 6 nitrogen and oxygen atoms in total. The molecule has 0 saturated carbocycles. The van der Waals surface area contributed by atoms with Gasteiger partial charge in [-0.25, -0.2) is 9.59 Å². The molecule has 1 unspecified atom stereocenters. The molecule has 1 aromatic rings. The van der Waals surface area contributed by atoms with Crippen LogP contribution in [0.1, 0.15) is 30.6 Å². The molecule has 0 bridgehead atoms. The lowest BCUT2D eigenvalue weighted by molar-refractivity contribution is 0.0693. The van der Waals surface area contributed by atoms with E-state index in [1.54, 1.807) is 0 Å². The number of hydrogen-bond acceptors (Lipinski definition) is 3. The highest BCUT2D eigenvalue weighted by molar-refractivity contribution is 5.94. The number of carboxylic acid groups (broad SMARTS) is 1. The first-order valence-corrected chi connectivity index (χ1v) is 5.96. The summed E-state index contributed by atoms with van der Waals surface area (Å²) in [6.45, 7) is 3.86. The average Bonchev–Trinajstić information content (AvgIpc) is 2.37. The minimum absolute atomic E-state index is 0.0513. The number of carbonyl (C=O) groups is 2. The first kappa shape index (κ1) is 14.8. The fraction of sp³-hybridized carbons (Fsp3) is 0.385. The summed E-state index contributed by atoms with van der Waals surface area (Å²) >= 11 is 0. The number of aromatic carboxylic acids is 1. The van der Waals surface area contributed by atoms with Gasteiger partial charge < -0.3 is 20.5 Å². The maximum Gasteiger partial charge on any atom is 0.339 e. The molecule has 0 heterocycles. The van der Waals surface area contributed by atoms with Crippen LogP contribution in [0.4, 0.5) is 10.5 Å². The third-order valence-electron chi connectivity index (χ3n) is 2.68. The second-order valence-corrected chi connectivity index (χ2v) is 4.13. The monoisotopic (exact) mass is 266 g/mol. The maximum absolute atomic E-state index is 11.6. The van der Waals surface area contributed by atoms with Gasteiger partial charge in [0.25, 0.3) is 0 Å². The van der Waals surface area contributed by atoms with Gasteiger partial charge in [0, 0.05) is 17.8 Å². The van der Waals surface area contributed by atoms with E-state index in [4.69, 9.17) is 9.84 Å². The van der Waals surface area contributed by atoms with Crippen LogP contribution in [-0.4, -0.2) is 30.3 Å². The molecule has 19 heavy (non-hydrogen) atoms. The summed E-state index contributed by atoms with van der Waals surface area (Å²) in [5, 5.41) is 14.3. The lowest BCUT2D eigenvalue weighted by Gasteiger charge is -2.13. The van der Waals surface area contributed by atoms with Gasteiger partial charge in [-0.2, -0.15) is 0 Å². The molecule has 104 valence electrons. The predicted octanol–water partition coefficient (Wildman–Crippen LogP) is 2.31. The van der Waals surface area contributed by atoms with Crippen molar-refractivity contribution in [1.29, 1.82) is 0 Å². The molecule has 0 radical (unpaired) electrons. The normalized spacial score (nSPS) is 11.5. The number of methoxy groups -OCH3 is 1. The highest BCUT2D eigenvalue weighted by Crippen LogP contribution is 2.23. The summed E-state index contributed by atoms with van der Waals surface area (Å²) in [7, 11) is 1.38. The fourth-order valence-corrected chi connectivity index (χ4v) is 1.44. The standard InChI is InChI=1S/C13H18N2O4/c1-4-8(2)14-13(18)15-9-5-6-10(12(16)17)11(7-9)19-3/h5-8H,4H2,1-3H3,(H,16,17)(H2,14,15,18). The van der Waals surface area contributed by atoms with E-state index in [9.17, 15) is 9.59 Å². The molecule has 0 spiro atoms. The van der Waals surface area contributed by atoms with Crippen LogP contribution < -0.4 is 15.4 Å². The Kier molecular flexibility index (Phi) is 5.17. The smallest absolute Gasteiger partial charge is 0.339 e. The van der Waals surface area contributed by atoms with E-state index in [2.05, 4.69) is 10.6 Å². The first-order valence-electron chi connectivity index (χ1n) is 5.96. The molecule has 0 aliphatic heterocycles. The van der Waals surface area contributed by atoms with Gasteiger partial charge in [0.1, 0.15) is 11.3 Å². The molecule has 1 atom stereocenters. The third kappa shape index (κ3) is 4.17. The average molecular weight is 266 g/mol. The molecule has 3 N–H and O–H groups in total. The summed E-state index contributed by atoms with van der Waals surface area (Å²) < 4.78 is 4.98. The van der Waals surface area contributed by atoms with E-state index >= 15 is 0 Å². The van der Waals surface area contributed by atoms with E-state index in [0.29, 0.717) is 5.69 Å².